The number of nitrogens with two attached hydrogens (primary N) is 1. The first kappa shape index (κ1) is 29.5. The third kappa shape index (κ3) is 5.15. The number of likely N-dealkylation sites (tertiary alicyclic amines) is 1. The van der Waals surface area contributed by atoms with E-state index in [0.29, 0.717) is 37.6 Å². The van der Waals surface area contributed by atoms with Crippen LogP contribution in [0.2, 0.25) is 0 Å². The molecule has 0 saturated carbocycles. The molecule has 0 unspecified atom stereocenters. The van der Waals surface area contributed by atoms with Crippen LogP contribution in [-0.2, 0) is 17.8 Å². The number of carbonyl (C=O) groups is 2. The highest BCUT2D eigenvalue weighted by Gasteiger charge is 2.30. The lowest BCUT2D eigenvalue weighted by atomic mass is 9.92. The number of fused-ring (bicyclic) bond motifs is 2. The van der Waals surface area contributed by atoms with Gasteiger partial charge in [0.15, 0.2) is 5.82 Å². The summed E-state index contributed by atoms with van der Waals surface area (Å²) >= 11 is 0. The lowest BCUT2D eigenvalue weighted by Crippen LogP contribution is -2.40. The minimum absolute atomic E-state index is 0.0143. The van der Waals surface area contributed by atoms with E-state index in [0.717, 1.165) is 59.4 Å². The van der Waals surface area contributed by atoms with E-state index in [1.165, 1.54) is 6.33 Å². The molecule has 2 aliphatic heterocycles. The van der Waals surface area contributed by atoms with Crippen LogP contribution in [-0.4, -0.2) is 53.8 Å². The predicted octanol–water partition coefficient (Wildman–Crippen LogP) is 4.88. The van der Waals surface area contributed by atoms with Crippen LogP contribution in [0.1, 0.15) is 67.2 Å². The van der Waals surface area contributed by atoms with Crippen molar-refractivity contribution in [3.05, 3.63) is 94.3 Å². The number of nitrogen functional groups attached to an aromatic ring is 1. The van der Waals surface area contributed by atoms with Gasteiger partial charge in [0.05, 0.1) is 11.4 Å². The van der Waals surface area contributed by atoms with Gasteiger partial charge in [0.25, 0.3) is 11.5 Å². The molecule has 7 rings (SSSR count). The van der Waals surface area contributed by atoms with Crippen LogP contribution in [0.15, 0.2) is 71.8 Å². The summed E-state index contributed by atoms with van der Waals surface area (Å²) in [5, 5.41) is 7.52. The Kier molecular flexibility index (Phi) is 7.67. The van der Waals surface area contributed by atoms with Gasteiger partial charge in [-0.05, 0) is 68.0 Å². The molecule has 3 aromatic heterocycles. The van der Waals surface area contributed by atoms with Crippen LogP contribution >= 0.6 is 0 Å². The number of carbonyl (C=O) groups excluding carboxylic acids is 2. The number of aromatic nitrogens is 5. The van der Waals surface area contributed by atoms with Gasteiger partial charge >= 0.3 is 0 Å². The Morgan fingerprint density at radius 1 is 0.978 bits per heavy atom. The number of rotatable bonds is 6. The van der Waals surface area contributed by atoms with Crippen molar-refractivity contribution in [2.45, 2.75) is 58.4 Å². The minimum Gasteiger partial charge on any atom is -0.382 e. The van der Waals surface area contributed by atoms with Crippen molar-refractivity contribution in [2.75, 3.05) is 24.1 Å². The number of amides is 2. The third-order valence-electron chi connectivity index (χ3n) is 9.29. The molecule has 2 aromatic carbocycles. The third-order valence-corrected chi connectivity index (χ3v) is 9.29. The number of para-hydroxylation sites is 1. The molecule has 0 spiro atoms. The van der Waals surface area contributed by atoms with Crippen LogP contribution in [0.5, 0.6) is 0 Å². The van der Waals surface area contributed by atoms with E-state index in [-0.39, 0.29) is 28.9 Å². The normalized spacial score (nSPS) is 15.3. The first-order chi connectivity index (χ1) is 22.3. The smallest absolute Gasteiger partial charge is 0.284 e. The van der Waals surface area contributed by atoms with E-state index in [4.69, 9.17) is 5.73 Å². The minimum atomic E-state index is -0.408. The highest BCUT2D eigenvalue weighted by Crippen LogP contribution is 2.37. The summed E-state index contributed by atoms with van der Waals surface area (Å²) in [5.74, 6) is 0.374. The number of anilines is 2. The van der Waals surface area contributed by atoms with Crippen molar-refractivity contribution in [1.82, 2.24) is 28.9 Å². The molecule has 0 atom stereocenters. The summed E-state index contributed by atoms with van der Waals surface area (Å²) in [6.45, 7) is 5.99. The Morgan fingerprint density at radius 3 is 2.43 bits per heavy atom. The molecule has 2 aliphatic rings. The highest BCUT2D eigenvalue weighted by atomic mass is 16.2. The summed E-state index contributed by atoms with van der Waals surface area (Å²) in [7, 11) is 0. The number of nitrogens with zero attached hydrogens (tertiary/aromatic N) is 6. The second-order valence-corrected chi connectivity index (χ2v) is 12.5. The predicted molar refractivity (Wildman–Crippen MR) is 177 cm³/mol. The Labute approximate surface area is 266 Å². The van der Waals surface area contributed by atoms with E-state index in [2.05, 4.69) is 21.5 Å². The fourth-order valence-corrected chi connectivity index (χ4v) is 6.98. The van der Waals surface area contributed by atoms with Crippen LogP contribution in [0.3, 0.4) is 0 Å². The van der Waals surface area contributed by atoms with Crippen LogP contribution in [0.25, 0.3) is 22.3 Å². The van der Waals surface area contributed by atoms with Crippen molar-refractivity contribution < 1.29 is 9.59 Å². The van der Waals surface area contributed by atoms with E-state index >= 15 is 0 Å². The van der Waals surface area contributed by atoms with Crippen molar-refractivity contribution in [2.24, 2.45) is 5.92 Å². The number of nitrogens with one attached hydrogen (secondary N) is 1. The van der Waals surface area contributed by atoms with E-state index < -0.39 is 5.91 Å². The number of benzene rings is 2. The Balaban J connectivity index is 1.16. The van der Waals surface area contributed by atoms with Crippen molar-refractivity contribution in [3.63, 3.8) is 0 Å². The Bertz CT molecular complexity index is 1980. The molecule has 46 heavy (non-hydrogen) atoms. The zero-order chi connectivity index (χ0) is 31.9. The van der Waals surface area contributed by atoms with E-state index in [9.17, 15) is 14.4 Å². The van der Waals surface area contributed by atoms with Crippen molar-refractivity contribution in [3.8, 4) is 16.8 Å². The van der Waals surface area contributed by atoms with Crippen LogP contribution < -0.4 is 16.6 Å². The van der Waals surface area contributed by atoms with Gasteiger partial charge in [0.2, 0.25) is 5.91 Å². The number of hydrogen-bond donors (Lipinski definition) is 2. The highest BCUT2D eigenvalue weighted by molar-refractivity contribution is 6.05. The first-order valence-electron chi connectivity index (χ1n) is 16.0. The van der Waals surface area contributed by atoms with Gasteiger partial charge in [-0.25, -0.2) is 14.2 Å². The monoisotopic (exact) mass is 618 g/mol. The maximum absolute atomic E-state index is 13.6. The molecule has 11 nitrogen and oxygen atoms in total. The Morgan fingerprint density at radius 2 is 1.72 bits per heavy atom. The van der Waals surface area contributed by atoms with Gasteiger partial charge in [0, 0.05) is 48.4 Å². The van der Waals surface area contributed by atoms with Crippen molar-refractivity contribution >= 4 is 28.8 Å². The summed E-state index contributed by atoms with van der Waals surface area (Å²) in [6.07, 6.45) is 5.72. The standard InChI is InChI=1S/C35H38N8O3/c1-22(2)34(45)40-18-15-24(16-19-40)29-20-27(31-32(36)37-21-38-42(29)31)23-11-13-25(14-12-23)39-33(44)30-28-10-6-7-17-41(28)43(35(30)46)26-8-4-3-5-9-26/h3-5,8-9,11-14,20-22,24H,6-7,10,15-19H2,1-2H3,(H,39,44)(H2,36,37,38). The zero-order valence-corrected chi connectivity index (χ0v) is 26.1. The second kappa shape index (κ2) is 12.0. The van der Waals surface area contributed by atoms with Crippen LogP contribution in [0.4, 0.5) is 11.5 Å². The van der Waals surface area contributed by atoms with Gasteiger partial charge in [-0.3, -0.25) is 19.1 Å². The molecule has 0 bridgehead atoms. The summed E-state index contributed by atoms with van der Waals surface area (Å²) in [5.41, 5.74) is 12.0. The fourth-order valence-electron chi connectivity index (χ4n) is 6.98. The van der Waals surface area contributed by atoms with E-state index in [1.807, 2.05) is 82.5 Å². The molecular weight excluding hydrogens is 580 g/mol. The second-order valence-electron chi connectivity index (χ2n) is 12.5. The molecule has 0 radical (unpaired) electrons. The zero-order valence-electron chi connectivity index (χ0n) is 26.1. The van der Waals surface area contributed by atoms with Gasteiger partial charge in [0.1, 0.15) is 17.4 Å². The molecule has 5 aromatic rings. The molecular formula is C35H38N8O3. The topological polar surface area (TPSA) is 133 Å². The van der Waals surface area contributed by atoms with Gasteiger partial charge in [-0.1, -0.05) is 44.2 Å². The molecule has 11 heteroatoms. The molecule has 2 amide bonds. The largest absolute Gasteiger partial charge is 0.382 e. The lowest BCUT2D eigenvalue weighted by molar-refractivity contribution is -0.135. The average molecular weight is 619 g/mol. The Hall–Kier alpha value is -5.19. The number of piperidine rings is 1. The quantitative estimate of drug-likeness (QED) is 0.279. The summed E-state index contributed by atoms with van der Waals surface area (Å²) < 4.78 is 5.46. The lowest BCUT2D eigenvalue weighted by Gasteiger charge is -2.33. The maximum Gasteiger partial charge on any atom is 0.284 e. The summed E-state index contributed by atoms with van der Waals surface area (Å²) in [6, 6.07) is 19.1. The van der Waals surface area contributed by atoms with Gasteiger partial charge in [-0.2, -0.15) is 5.10 Å². The maximum atomic E-state index is 13.6. The van der Waals surface area contributed by atoms with Gasteiger partial charge in [-0.15, -0.1) is 0 Å². The fraction of sp³-hybridized carbons (Fsp3) is 0.343. The van der Waals surface area contributed by atoms with E-state index in [1.54, 1.807) is 4.68 Å². The molecule has 1 saturated heterocycles. The van der Waals surface area contributed by atoms with Gasteiger partial charge < -0.3 is 16.0 Å². The molecule has 1 fully saturated rings. The summed E-state index contributed by atoms with van der Waals surface area (Å²) in [4.78, 5) is 46.0. The molecule has 0 aliphatic carbocycles. The molecule has 236 valence electrons. The first-order valence-corrected chi connectivity index (χ1v) is 16.0. The number of hydrogen-bond acceptors (Lipinski definition) is 6. The van der Waals surface area contributed by atoms with Crippen LogP contribution in [0, 0.1) is 5.92 Å². The average Bonchev–Trinajstić information content (AvgIpc) is 3.61. The molecule has 5 heterocycles. The van der Waals surface area contributed by atoms with Crippen molar-refractivity contribution in [1.29, 1.82) is 0 Å². The molecule has 3 N–H and O–H groups in total. The SMILES string of the molecule is CC(C)C(=O)N1CCC(c2cc(-c3ccc(NC(=O)c4c5n(n(-c6ccccc6)c4=O)CCCC5)cc3)c3c(N)ncnn23)CC1.